The number of hydrogen-bond donors (Lipinski definition) is 2. The zero-order valence-corrected chi connectivity index (χ0v) is 12.9. The molecule has 21 heavy (non-hydrogen) atoms. The highest BCUT2D eigenvalue weighted by Gasteiger charge is 2.24. The largest absolute Gasteiger partial charge is 0.376 e. The topological polar surface area (TPSA) is 87.7 Å². The van der Waals surface area contributed by atoms with Crippen LogP contribution >= 0.6 is 12.2 Å². The number of anilines is 2. The normalized spacial score (nSPS) is 15.8. The summed E-state index contributed by atoms with van der Waals surface area (Å²) >= 11 is 4.85. The number of nitrogens with two attached hydrogens (primary N) is 1. The minimum atomic E-state index is -0.342. The molecule has 1 heterocycles. The van der Waals surface area contributed by atoms with E-state index in [0.29, 0.717) is 11.4 Å². The van der Waals surface area contributed by atoms with Crippen LogP contribution in [0, 0.1) is 17.0 Å². The molecule has 1 aromatic rings. The number of nitrogens with one attached hydrogen (secondary N) is 1. The van der Waals surface area contributed by atoms with Gasteiger partial charge in [-0.25, -0.2) is 0 Å². The molecule has 2 rings (SSSR count). The Morgan fingerprint density at radius 2 is 2.00 bits per heavy atom. The van der Waals surface area contributed by atoms with Gasteiger partial charge in [0.05, 0.1) is 4.92 Å². The second-order valence-corrected chi connectivity index (χ2v) is 5.63. The van der Waals surface area contributed by atoms with E-state index in [-0.39, 0.29) is 15.7 Å². The van der Waals surface area contributed by atoms with E-state index >= 15 is 0 Å². The van der Waals surface area contributed by atoms with Gasteiger partial charge in [-0.05, 0) is 37.8 Å². The van der Waals surface area contributed by atoms with E-state index in [1.807, 2.05) is 11.9 Å². The first-order chi connectivity index (χ1) is 9.88. The molecule has 0 aromatic heterocycles. The molecule has 1 aliphatic rings. The highest BCUT2D eigenvalue weighted by atomic mass is 32.1. The Bertz CT molecular complexity index is 570. The maximum atomic E-state index is 11.3. The first kappa shape index (κ1) is 15.5. The lowest BCUT2D eigenvalue weighted by atomic mass is 10.1. The summed E-state index contributed by atoms with van der Waals surface area (Å²) in [5.41, 5.74) is 7.68. The fraction of sp³-hybridized carbons (Fsp3) is 0.462. The number of likely N-dealkylation sites (N-methyl/N-ethyl adjacent to an activating group) is 1. The fourth-order valence-electron chi connectivity index (χ4n) is 2.40. The van der Waals surface area contributed by atoms with E-state index in [0.717, 1.165) is 31.7 Å². The van der Waals surface area contributed by atoms with Crippen LogP contribution in [-0.4, -0.2) is 48.2 Å². The van der Waals surface area contributed by atoms with Gasteiger partial charge >= 0.3 is 0 Å². The van der Waals surface area contributed by atoms with Gasteiger partial charge in [-0.2, -0.15) is 0 Å². The summed E-state index contributed by atoms with van der Waals surface area (Å²) in [4.78, 5) is 15.2. The van der Waals surface area contributed by atoms with Crippen molar-refractivity contribution in [3.05, 3.63) is 27.8 Å². The molecular weight excluding hydrogens is 290 g/mol. The zero-order valence-electron chi connectivity index (χ0n) is 12.1. The number of benzene rings is 1. The second kappa shape index (κ2) is 6.23. The van der Waals surface area contributed by atoms with Crippen LogP contribution in [0.4, 0.5) is 17.1 Å². The highest BCUT2D eigenvalue weighted by molar-refractivity contribution is 7.80. The molecule has 0 saturated carbocycles. The molecule has 0 atom stereocenters. The molecule has 0 unspecified atom stereocenters. The Kier molecular flexibility index (Phi) is 4.59. The Balaban J connectivity index is 2.40. The standard InChI is InChI=1S/C13H19N5O2S/c1-9-7-12(18(19)20)11(8-10(9)15-13(14)21)17-5-3-16(2)4-6-17/h7-8H,3-6H2,1-2H3,(H3,14,15,21). The Labute approximate surface area is 128 Å². The Hall–Kier alpha value is -1.93. The zero-order chi connectivity index (χ0) is 15.6. The maximum absolute atomic E-state index is 11.3. The predicted octanol–water partition coefficient (Wildman–Crippen LogP) is 1.31. The predicted molar refractivity (Wildman–Crippen MR) is 88.0 cm³/mol. The average Bonchev–Trinajstić information content (AvgIpc) is 2.41. The molecule has 114 valence electrons. The summed E-state index contributed by atoms with van der Waals surface area (Å²) in [6.45, 7) is 5.06. The van der Waals surface area contributed by atoms with Crippen LogP contribution in [0.25, 0.3) is 0 Å². The van der Waals surface area contributed by atoms with Gasteiger partial charge in [0.2, 0.25) is 0 Å². The number of piperazine rings is 1. The van der Waals surface area contributed by atoms with Crippen molar-refractivity contribution in [1.82, 2.24) is 4.90 Å². The first-order valence-corrected chi connectivity index (χ1v) is 7.08. The number of nitro benzene ring substituents is 1. The van der Waals surface area contributed by atoms with Gasteiger partial charge in [0.25, 0.3) is 5.69 Å². The number of nitrogens with zero attached hydrogens (tertiary/aromatic N) is 3. The smallest absolute Gasteiger partial charge is 0.292 e. The lowest BCUT2D eigenvalue weighted by Gasteiger charge is -2.34. The summed E-state index contributed by atoms with van der Waals surface area (Å²) in [5.74, 6) is 0. The van der Waals surface area contributed by atoms with Crippen LogP contribution in [0.15, 0.2) is 12.1 Å². The molecule has 0 bridgehead atoms. The third kappa shape index (κ3) is 3.59. The molecule has 0 spiro atoms. The van der Waals surface area contributed by atoms with Gasteiger partial charge < -0.3 is 20.9 Å². The van der Waals surface area contributed by atoms with E-state index in [1.165, 1.54) is 0 Å². The molecular formula is C13H19N5O2S. The van der Waals surface area contributed by atoms with Crippen molar-refractivity contribution in [1.29, 1.82) is 0 Å². The van der Waals surface area contributed by atoms with Gasteiger partial charge in [-0.3, -0.25) is 10.1 Å². The average molecular weight is 309 g/mol. The Morgan fingerprint density at radius 3 is 2.52 bits per heavy atom. The van der Waals surface area contributed by atoms with E-state index < -0.39 is 0 Å². The van der Waals surface area contributed by atoms with Crippen molar-refractivity contribution in [3.8, 4) is 0 Å². The van der Waals surface area contributed by atoms with Gasteiger partial charge in [0.15, 0.2) is 5.11 Å². The number of rotatable bonds is 3. The van der Waals surface area contributed by atoms with E-state index in [1.54, 1.807) is 19.1 Å². The SMILES string of the molecule is Cc1cc([N+](=O)[O-])c(N2CCN(C)CC2)cc1NC(N)=S. The number of aryl methyl sites for hydroxylation is 1. The van der Waals surface area contributed by atoms with Crippen molar-refractivity contribution in [2.24, 2.45) is 5.73 Å². The molecule has 0 amide bonds. The Morgan fingerprint density at radius 1 is 1.38 bits per heavy atom. The van der Waals surface area contributed by atoms with Crippen molar-refractivity contribution < 1.29 is 4.92 Å². The van der Waals surface area contributed by atoms with Crippen LogP contribution in [-0.2, 0) is 0 Å². The lowest BCUT2D eigenvalue weighted by molar-refractivity contribution is -0.384. The third-order valence-electron chi connectivity index (χ3n) is 3.62. The molecule has 8 heteroatoms. The highest BCUT2D eigenvalue weighted by Crippen LogP contribution is 2.34. The van der Waals surface area contributed by atoms with Crippen molar-refractivity contribution >= 4 is 34.4 Å². The van der Waals surface area contributed by atoms with Crippen molar-refractivity contribution in [2.45, 2.75) is 6.92 Å². The lowest BCUT2D eigenvalue weighted by Crippen LogP contribution is -2.44. The minimum Gasteiger partial charge on any atom is -0.376 e. The van der Waals surface area contributed by atoms with Gasteiger partial charge in [-0.15, -0.1) is 0 Å². The molecule has 1 fully saturated rings. The number of thiocarbonyl (C=S) groups is 1. The monoisotopic (exact) mass is 309 g/mol. The van der Waals surface area contributed by atoms with E-state index in [2.05, 4.69) is 10.2 Å². The van der Waals surface area contributed by atoms with Crippen LogP contribution < -0.4 is 16.0 Å². The summed E-state index contributed by atoms with van der Waals surface area (Å²) in [6, 6.07) is 3.33. The minimum absolute atomic E-state index is 0.116. The van der Waals surface area contributed by atoms with E-state index in [4.69, 9.17) is 18.0 Å². The molecule has 0 aliphatic carbocycles. The number of hydrogen-bond acceptors (Lipinski definition) is 5. The molecule has 1 aliphatic heterocycles. The molecule has 7 nitrogen and oxygen atoms in total. The van der Waals surface area contributed by atoms with Crippen LogP contribution in [0.5, 0.6) is 0 Å². The van der Waals surface area contributed by atoms with Gasteiger partial charge in [0.1, 0.15) is 5.69 Å². The summed E-state index contributed by atoms with van der Waals surface area (Å²) in [6.07, 6.45) is 0. The molecule has 3 N–H and O–H groups in total. The molecule has 1 saturated heterocycles. The summed E-state index contributed by atoms with van der Waals surface area (Å²) < 4.78 is 0. The van der Waals surface area contributed by atoms with Gasteiger partial charge in [-0.1, -0.05) is 0 Å². The summed E-state index contributed by atoms with van der Waals surface area (Å²) in [7, 11) is 2.04. The van der Waals surface area contributed by atoms with Crippen LogP contribution in [0.3, 0.4) is 0 Å². The van der Waals surface area contributed by atoms with E-state index in [9.17, 15) is 10.1 Å². The summed E-state index contributed by atoms with van der Waals surface area (Å²) in [5, 5.41) is 14.3. The van der Waals surface area contributed by atoms with Crippen LogP contribution in [0.2, 0.25) is 0 Å². The first-order valence-electron chi connectivity index (χ1n) is 6.67. The van der Waals surface area contributed by atoms with Crippen molar-refractivity contribution in [3.63, 3.8) is 0 Å². The van der Waals surface area contributed by atoms with Gasteiger partial charge in [0, 0.05) is 37.9 Å². The molecule has 0 radical (unpaired) electrons. The second-order valence-electron chi connectivity index (χ2n) is 5.19. The maximum Gasteiger partial charge on any atom is 0.292 e. The fourth-order valence-corrected chi connectivity index (χ4v) is 2.51. The van der Waals surface area contributed by atoms with Crippen molar-refractivity contribution in [2.75, 3.05) is 43.4 Å². The van der Waals surface area contributed by atoms with Crippen LogP contribution in [0.1, 0.15) is 5.56 Å². The quantitative estimate of drug-likeness (QED) is 0.494. The number of nitro groups is 1. The third-order valence-corrected chi connectivity index (χ3v) is 3.72. The molecule has 1 aromatic carbocycles.